The van der Waals surface area contributed by atoms with Gasteiger partial charge < -0.3 is 11.1 Å². The maximum absolute atomic E-state index is 12.1. The molecule has 0 radical (unpaired) electrons. The Balaban J connectivity index is 1.83. The van der Waals surface area contributed by atoms with Gasteiger partial charge in [-0.25, -0.2) is 4.98 Å². The molecule has 5 heteroatoms. The molecule has 5 nitrogen and oxygen atoms in total. The minimum absolute atomic E-state index is 0.138. The third-order valence-electron chi connectivity index (χ3n) is 4.18. The van der Waals surface area contributed by atoms with Crippen LogP contribution < -0.4 is 16.6 Å². The van der Waals surface area contributed by atoms with Crippen LogP contribution in [-0.4, -0.2) is 16.0 Å². The molecule has 1 aliphatic carbocycles. The summed E-state index contributed by atoms with van der Waals surface area (Å²) >= 11 is 0. The van der Waals surface area contributed by atoms with Gasteiger partial charge in [0, 0.05) is 11.7 Å². The molecule has 0 saturated heterocycles. The van der Waals surface area contributed by atoms with Crippen LogP contribution in [-0.2, 0) is 0 Å². The van der Waals surface area contributed by atoms with Gasteiger partial charge in [-0.3, -0.25) is 9.78 Å². The molecule has 4 N–H and O–H groups in total. The van der Waals surface area contributed by atoms with E-state index >= 15 is 0 Å². The van der Waals surface area contributed by atoms with E-state index in [0.29, 0.717) is 28.6 Å². The summed E-state index contributed by atoms with van der Waals surface area (Å²) in [5, 5.41) is 3.94. The van der Waals surface area contributed by atoms with Gasteiger partial charge in [0.2, 0.25) is 5.95 Å². The van der Waals surface area contributed by atoms with E-state index < -0.39 is 0 Å². The number of rotatable bonds is 2. The lowest BCUT2D eigenvalue weighted by Gasteiger charge is -2.21. The van der Waals surface area contributed by atoms with Crippen molar-refractivity contribution >= 4 is 22.5 Å². The summed E-state index contributed by atoms with van der Waals surface area (Å²) in [5.41, 5.74) is 6.84. The minimum Gasteiger partial charge on any atom is -0.399 e. The number of nitrogens with zero attached hydrogens (tertiary/aromatic N) is 1. The van der Waals surface area contributed by atoms with Gasteiger partial charge in [-0.15, -0.1) is 0 Å². The Morgan fingerprint density at radius 3 is 2.62 bits per heavy atom. The number of nitrogens with two attached hydrogens (primary N) is 1. The van der Waals surface area contributed by atoms with Crippen LogP contribution in [0.15, 0.2) is 23.0 Å². The molecule has 1 heterocycles. The third-order valence-corrected chi connectivity index (χ3v) is 4.18. The molecule has 0 aliphatic heterocycles. The Kier molecular flexibility index (Phi) is 4.08. The first kappa shape index (κ1) is 13.9. The molecule has 3 rings (SSSR count). The Bertz CT molecular complexity index is 672. The summed E-state index contributed by atoms with van der Waals surface area (Å²) in [4.78, 5) is 19.5. The normalized spacial score (nSPS) is 17.3. The van der Waals surface area contributed by atoms with Gasteiger partial charge in [-0.2, -0.15) is 0 Å². The van der Waals surface area contributed by atoms with E-state index in [1.165, 1.54) is 32.1 Å². The number of fused-ring (bicyclic) bond motifs is 1. The number of nitrogens with one attached hydrogen (secondary N) is 2. The lowest BCUT2D eigenvalue weighted by molar-refractivity contribution is 0.470. The molecule has 0 bridgehead atoms. The number of benzene rings is 1. The number of aromatic nitrogens is 2. The quantitative estimate of drug-likeness (QED) is 0.741. The summed E-state index contributed by atoms with van der Waals surface area (Å²) in [6, 6.07) is 5.64. The van der Waals surface area contributed by atoms with E-state index in [0.717, 1.165) is 12.8 Å². The molecule has 1 saturated carbocycles. The molecule has 1 aromatic heterocycles. The van der Waals surface area contributed by atoms with Crippen LogP contribution in [0.1, 0.15) is 44.9 Å². The molecular formula is C16H22N4O. The molecule has 0 spiro atoms. The van der Waals surface area contributed by atoms with Crippen LogP contribution in [0.4, 0.5) is 11.6 Å². The molecule has 21 heavy (non-hydrogen) atoms. The van der Waals surface area contributed by atoms with Crippen molar-refractivity contribution in [2.75, 3.05) is 11.1 Å². The predicted molar refractivity (Wildman–Crippen MR) is 86.5 cm³/mol. The number of nitrogen functional groups attached to an aromatic ring is 1. The fourth-order valence-electron chi connectivity index (χ4n) is 3.02. The average Bonchev–Trinajstić information content (AvgIpc) is 2.43. The highest BCUT2D eigenvalue weighted by molar-refractivity contribution is 5.81. The summed E-state index contributed by atoms with van der Waals surface area (Å²) in [7, 11) is 0. The van der Waals surface area contributed by atoms with Crippen molar-refractivity contribution in [3.05, 3.63) is 28.6 Å². The number of anilines is 2. The first-order valence-corrected chi connectivity index (χ1v) is 7.78. The molecule has 1 aliphatic rings. The number of H-pyrrole nitrogens is 1. The third kappa shape index (κ3) is 3.35. The van der Waals surface area contributed by atoms with Gasteiger partial charge in [-0.05, 0) is 31.0 Å². The van der Waals surface area contributed by atoms with Crippen molar-refractivity contribution in [3.63, 3.8) is 0 Å². The van der Waals surface area contributed by atoms with Gasteiger partial charge in [0.15, 0.2) is 0 Å². The topological polar surface area (TPSA) is 83.8 Å². The standard InChI is InChI=1S/C16H22N4O/c17-11-8-9-14-13(10-11)15(21)20-16(19-14)18-12-6-4-2-1-3-5-7-12/h8-10,12H,1-7,17H2,(H2,18,19,20,21). The Hall–Kier alpha value is -2.04. The second-order valence-electron chi connectivity index (χ2n) is 5.88. The van der Waals surface area contributed by atoms with Crippen molar-refractivity contribution < 1.29 is 0 Å². The monoisotopic (exact) mass is 286 g/mol. The van der Waals surface area contributed by atoms with Gasteiger partial charge in [-0.1, -0.05) is 32.1 Å². The van der Waals surface area contributed by atoms with Crippen molar-refractivity contribution in [2.45, 2.75) is 51.0 Å². The van der Waals surface area contributed by atoms with Crippen molar-refractivity contribution in [1.29, 1.82) is 0 Å². The van der Waals surface area contributed by atoms with Gasteiger partial charge in [0.25, 0.3) is 5.56 Å². The van der Waals surface area contributed by atoms with E-state index in [1.807, 2.05) is 0 Å². The molecule has 112 valence electrons. The number of aromatic amines is 1. The maximum Gasteiger partial charge on any atom is 0.260 e. The van der Waals surface area contributed by atoms with Crippen LogP contribution in [0.5, 0.6) is 0 Å². The zero-order valence-corrected chi connectivity index (χ0v) is 12.2. The largest absolute Gasteiger partial charge is 0.399 e. The van der Waals surface area contributed by atoms with Gasteiger partial charge in [0.05, 0.1) is 10.9 Å². The van der Waals surface area contributed by atoms with Gasteiger partial charge in [0.1, 0.15) is 0 Å². The van der Waals surface area contributed by atoms with E-state index in [-0.39, 0.29) is 5.56 Å². The van der Waals surface area contributed by atoms with E-state index in [4.69, 9.17) is 5.73 Å². The first-order chi connectivity index (χ1) is 10.2. The SMILES string of the molecule is Nc1ccc2nc(NC3CCCCCCC3)[nH]c(=O)c2c1. The molecular weight excluding hydrogens is 264 g/mol. The Labute approximate surface area is 124 Å². The summed E-state index contributed by atoms with van der Waals surface area (Å²) < 4.78 is 0. The molecule has 1 aromatic carbocycles. The fraction of sp³-hybridized carbons (Fsp3) is 0.500. The molecule has 0 unspecified atom stereocenters. The maximum atomic E-state index is 12.1. The van der Waals surface area contributed by atoms with E-state index in [2.05, 4.69) is 15.3 Å². The minimum atomic E-state index is -0.138. The Morgan fingerprint density at radius 1 is 1.14 bits per heavy atom. The highest BCUT2D eigenvalue weighted by Gasteiger charge is 2.13. The second kappa shape index (κ2) is 6.16. The van der Waals surface area contributed by atoms with E-state index in [9.17, 15) is 4.79 Å². The van der Waals surface area contributed by atoms with Crippen molar-refractivity contribution in [3.8, 4) is 0 Å². The lowest BCUT2D eigenvalue weighted by atomic mass is 9.97. The summed E-state index contributed by atoms with van der Waals surface area (Å²) in [6.45, 7) is 0. The van der Waals surface area contributed by atoms with Gasteiger partial charge >= 0.3 is 0 Å². The lowest BCUT2D eigenvalue weighted by Crippen LogP contribution is -2.24. The Morgan fingerprint density at radius 2 is 1.86 bits per heavy atom. The van der Waals surface area contributed by atoms with Crippen LogP contribution in [0.25, 0.3) is 10.9 Å². The smallest absolute Gasteiger partial charge is 0.260 e. The summed E-state index contributed by atoms with van der Waals surface area (Å²) in [5.74, 6) is 0.572. The zero-order chi connectivity index (χ0) is 14.7. The van der Waals surface area contributed by atoms with Crippen LogP contribution in [0.3, 0.4) is 0 Å². The molecule has 1 fully saturated rings. The average molecular weight is 286 g/mol. The number of hydrogen-bond donors (Lipinski definition) is 3. The molecule has 0 atom stereocenters. The van der Waals surface area contributed by atoms with Crippen LogP contribution in [0, 0.1) is 0 Å². The zero-order valence-electron chi connectivity index (χ0n) is 12.2. The second-order valence-corrected chi connectivity index (χ2v) is 5.88. The summed E-state index contributed by atoms with van der Waals surface area (Å²) in [6.07, 6.45) is 8.72. The number of hydrogen-bond acceptors (Lipinski definition) is 4. The first-order valence-electron chi connectivity index (χ1n) is 7.78. The van der Waals surface area contributed by atoms with E-state index in [1.54, 1.807) is 18.2 Å². The predicted octanol–water partition coefficient (Wildman–Crippen LogP) is 3.03. The van der Waals surface area contributed by atoms with Crippen molar-refractivity contribution in [1.82, 2.24) is 9.97 Å². The molecule has 0 amide bonds. The van der Waals surface area contributed by atoms with Crippen molar-refractivity contribution in [2.24, 2.45) is 0 Å². The van der Waals surface area contributed by atoms with Crippen LogP contribution in [0.2, 0.25) is 0 Å². The highest BCUT2D eigenvalue weighted by atomic mass is 16.1. The highest BCUT2D eigenvalue weighted by Crippen LogP contribution is 2.20. The van der Waals surface area contributed by atoms with Crippen LogP contribution >= 0.6 is 0 Å². The fourth-order valence-corrected chi connectivity index (χ4v) is 3.02. The molecule has 2 aromatic rings.